The standard InChI is InChI=1S/C20H15ClN2O2S/c21-15-10-12-16(13-11-15)25-18-9-5-4-8-17(18)22-20(26)23-19(24)14-6-2-1-3-7-14/h1-13H,(H2,22,23,24,26). The highest BCUT2D eigenvalue weighted by molar-refractivity contribution is 7.80. The fourth-order valence-electron chi connectivity index (χ4n) is 2.21. The van der Waals surface area contributed by atoms with Crippen molar-refractivity contribution in [3.8, 4) is 11.5 Å². The van der Waals surface area contributed by atoms with Gasteiger partial charge in [0.1, 0.15) is 5.75 Å². The molecule has 130 valence electrons. The van der Waals surface area contributed by atoms with Crippen molar-refractivity contribution in [3.63, 3.8) is 0 Å². The van der Waals surface area contributed by atoms with Gasteiger partial charge in [-0.3, -0.25) is 10.1 Å². The lowest BCUT2D eigenvalue weighted by molar-refractivity contribution is 0.0977. The van der Waals surface area contributed by atoms with Gasteiger partial charge in [0, 0.05) is 10.6 Å². The van der Waals surface area contributed by atoms with E-state index in [0.29, 0.717) is 27.8 Å². The number of thiocarbonyl (C=S) groups is 1. The first-order valence-corrected chi connectivity index (χ1v) is 8.60. The molecule has 6 heteroatoms. The number of anilines is 1. The SMILES string of the molecule is O=C(NC(=S)Nc1ccccc1Oc1ccc(Cl)cc1)c1ccccc1. The number of para-hydroxylation sites is 2. The average Bonchev–Trinajstić information content (AvgIpc) is 2.66. The second-order valence-electron chi connectivity index (χ2n) is 5.33. The molecule has 0 saturated carbocycles. The van der Waals surface area contributed by atoms with Gasteiger partial charge in [0.15, 0.2) is 10.9 Å². The molecule has 0 saturated heterocycles. The van der Waals surface area contributed by atoms with Crippen molar-refractivity contribution in [2.45, 2.75) is 0 Å². The third-order valence-corrected chi connectivity index (χ3v) is 3.90. The van der Waals surface area contributed by atoms with Gasteiger partial charge >= 0.3 is 0 Å². The Hall–Kier alpha value is -2.89. The zero-order chi connectivity index (χ0) is 18.4. The topological polar surface area (TPSA) is 50.4 Å². The maximum atomic E-state index is 12.2. The molecule has 4 nitrogen and oxygen atoms in total. The van der Waals surface area contributed by atoms with Crippen molar-refractivity contribution in [1.82, 2.24) is 5.32 Å². The fourth-order valence-corrected chi connectivity index (χ4v) is 2.54. The molecule has 0 bridgehead atoms. The predicted octanol–water partition coefficient (Wildman–Crippen LogP) is 5.26. The highest BCUT2D eigenvalue weighted by Gasteiger charge is 2.10. The van der Waals surface area contributed by atoms with Crippen LogP contribution in [0, 0.1) is 0 Å². The van der Waals surface area contributed by atoms with Gasteiger partial charge in [-0.2, -0.15) is 0 Å². The number of halogens is 1. The largest absolute Gasteiger partial charge is 0.455 e. The lowest BCUT2D eigenvalue weighted by atomic mass is 10.2. The van der Waals surface area contributed by atoms with Gasteiger partial charge < -0.3 is 10.1 Å². The van der Waals surface area contributed by atoms with E-state index in [0.717, 1.165) is 0 Å². The van der Waals surface area contributed by atoms with Crippen LogP contribution >= 0.6 is 23.8 Å². The zero-order valence-electron chi connectivity index (χ0n) is 13.6. The fraction of sp³-hybridized carbons (Fsp3) is 0. The third kappa shape index (κ3) is 4.81. The van der Waals surface area contributed by atoms with E-state index in [9.17, 15) is 4.79 Å². The summed E-state index contributed by atoms with van der Waals surface area (Å²) >= 11 is 11.1. The zero-order valence-corrected chi connectivity index (χ0v) is 15.2. The molecule has 0 aromatic heterocycles. The van der Waals surface area contributed by atoms with Crippen molar-refractivity contribution in [3.05, 3.63) is 89.4 Å². The Morgan fingerprint density at radius 2 is 1.54 bits per heavy atom. The van der Waals surface area contributed by atoms with Gasteiger partial charge in [-0.05, 0) is 60.7 Å². The molecule has 3 rings (SSSR count). The van der Waals surface area contributed by atoms with Gasteiger partial charge in [-0.25, -0.2) is 0 Å². The van der Waals surface area contributed by atoms with Crippen molar-refractivity contribution in [1.29, 1.82) is 0 Å². The summed E-state index contributed by atoms with van der Waals surface area (Å²) < 4.78 is 5.86. The van der Waals surface area contributed by atoms with Crippen molar-refractivity contribution >= 4 is 40.5 Å². The van der Waals surface area contributed by atoms with Crippen LogP contribution in [0.1, 0.15) is 10.4 Å². The summed E-state index contributed by atoms with van der Waals surface area (Å²) in [5.41, 5.74) is 1.17. The van der Waals surface area contributed by atoms with Crippen molar-refractivity contribution in [2.75, 3.05) is 5.32 Å². The number of rotatable bonds is 4. The van der Waals surface area contributed by atoms with Gasteiger partial charge in [0.05, 0.1) is 5.69 Å². The van der Waals surface area contributed by atoms with Crippen LogP contribution in [-0.4, -0.2) is 11.0 Å². The number of hydrogen-bond acceptors (Lipinski definition) is 3. The molecule has 0 aliphatic carbocycles. The predicted molar refractivity (Wildman–Crippen MR) is 108 cm³/mol. The van der Waals surface area contributed by atoms with Crippen LogP contribution in [0.4, 0.5) is 5.69 Å². The van der Waals surface area contributed by atoms with Gasteiger partial charge in [-0.15, -0.1) is 0 Å². The monoisotopic (exact) mass is 382 g/mol. The average molecular weight is 383 g/mol. The van der Waals surface area contributed by atoms with Crippen LogP contribution in [0.2, 0.25) is 5.02 Å². The molecule has 0 spiro atoms. The Balaban J connectivity index is 1.68. The van der Waals surface area contributed by atoms with Gasteiger partial charge in [0.25, 0.3) is 5.91 Å². The first kappa shape index (κ1) is 17.9. The van der Waals surface area contributed by atoms with E-state index in [-0.39, 0.29) is 11.0 Å². The number of benzene rings is 3. The number of carbonyl (C=O) groups is 1. The summed E-state index contributed by atoms with van der Waals surface area (Å²) in [7, 11) is 0. The molecular weight excluding hydrogens is 368 g/mol. The maximum absolute atomic E-state index is 12.2. The summed E-state index contributed by atoms with van der Waals surface area (Å²) in [6.45, 7) is 0. The van der Waals surface area contributed by atoms with Crippen LogP contribution in [-0.2, 0) is 0 Å². The first-order chi connectivity index (χ1) is 12.6. The van der Waals surface area contributed by atoms with Crippen LogP contribution in [0.25, 0.3) is 0 Å². The molecule has 0 aliphatic rings. The van der Waals surface area contributed by atoms with E-state index in [1.807, 2.05) is 24.3 Å². The van der Waals surface area contributed by atoms with E-state index >= 15 is 0 Å². The number of nitrogens with one attached hydrogen (secondary N) is 2. The van der Waals surface area contributed by atoms with E-state index in [1.165, 1.54) is 0 Å². The maximum Gasteiger partial charge on any atom is 0.257 e. The van der Waals surface area contributed by atoms with E-state index < -0.39 is 0 Å². The highest BCUT2D eigenvalue weighted by Crippen LogP contribution is 2.29. The lowest BCUT2D eigenvalue weighted by Crippen LogP contribution is -2.34. The molecule has 0 unspecified atom stereocenters. The minimum atomic E-state index is -0.279. The molecular formula is C20H15ClN2O2S. The lowest BCUT2D eigenvalue weighted by Gasteiger charge is -2.14. The summed E-state index contributed by atoms with van der Waals surface area (Å²) in [6.07, 6.45) is 0. The Kier molecular flexibility index (Phi) is 5.84. The van der Waals surface area contributed by atoms with Gasteiger partial charge in [-0.1, -0.05) is 41.9 Å². The Labute approximate surface area is 161 Å². The van der Waals surface area contributed by atoms with Crippen LogP contribution in [0.15, 0.2) is 78.9 Å². The normalized spacial score (nSPS) is 10.0. The molecule has 0 fully saturated rings. The summed E-state index contributed by atoms with van der Waals surface area (Å²) in [6, 6.07) is 23.2. The number of ether oxygens (including phenoxy) is 1. The number of hydrogen-bond donors (Lipinski definition) is 2. The molecule has 0 radical (unpaired) electrons. The molecule has 1 amide bonds. The van der Waals surface area contributed by atoms with Crippen LogP contribution in [0.5, 0.6) is 11.5 Å². The Morgan fingerprint density at radius 1 is 0.885 bits per heavy atom. The van der Waals surface area contributed by atoms with E-state index in [1.54, 1.807) is 54.6 Å². The molecule has 0 atom stereocenters. The number of carbonyl (C=O) groups excluding carboxylic acids is 1. The minimum absolute atomic E-state index is 0.186. The molecule has 0 aliphatic heterocycles. The van der Waals surface area contributed by atoms with Crippen LogP contribution < -0.4 is 15.4 Å². The first-order valence-electron chi connectivity index (χ1n) is 7.81. The van der Waals surface area contributed by atoms with Gasteiger partial charge in [0.2, 0.25) is 0 Å². The quantitative estimate of drug-likeness (QED) is 0.604. The molecule has 26 heavy (non-hydrogen) atoms. The molecule has 3 aromatic rings. The van der Waals surface area contributed by atoms with Crippen molar-refractivity contribution < 1.29 is 9.53 Å². The summed E-state index contributed by atoms with van der Waals surface area (Å²) in [5.74, 6) is 0.938. The molecule has 2 N–H and O–H groups in total. The minimum Gasteiger partial charge on any atom is -0.455 e. The summed E-state index contributed by atoms with van der Waals surface area (Å²) in [4.78, 5) is 12.2. The van der Waals surface area contributed by atoms with E-state index in [4.69, 9.17) is 28.6 Å². The third-order valence-electron chi connectivity index (χ3n) is 3.44. The molecule has 0 heterocycles. The Morgan fingerprint density at radius 3 is 2.27 bits per heavy atom. The second-order valence-corrected chi connectivity index (χ2v) is 6.17. The Bertz CT molecular complexity index is 915. The number of amides is 1. The van der Waals surface area contributed by atoms with E-state index in [2.05, 4.69) is 10.6 Å². The smallest absolute Gasteiger partial charge is 0.257 e. The van der Waals surface area contributed by atoms with Crippen molar-refractivity contribution in [2.24, 2.45) is 0 Å². The molecule has 3 aromatic carbocycles. The highest BCUT2D eigenvalue weighted by atomic mass is 35.5. The second kappa shape index (κ2) is 8.47. The van der Waals surface area contributed by atoms with Crippen LogP contribution in [0.3, 0.4) is 0 Å². The summed E-state index contributed by atoms with van der Waals surface area (Å²) in [5, 5.41) is 6.46.